The van der Waals surface area contributed by atoms with Crippen LogP contribution in [0.5, 0.6) is 0 Å². The second kappa shape index (κ2) is 7.97. The number of rotatable bonds is 5. The van der Waals surface area contributed by atoms with Crippen molar-refractivity contribution in [2.24, 2.45) is 5.92 Å². The minimum atomic E-state index is -0.483. The fraction of sp³-hybridized carbons (Fsp3) is 0.350. The molecule has 1 aromatic heterocycles. The summed E-state index contributed by atoms with van der Waals surface area (Å²) < 4.78 is 4.87. The molecule has 0 aliphatic carbocycles. The van der Waals surface area contributed by atoms with Gasteiger partial charge in [-0.1, -0.05) is 6.92 Å². The van der Waals surface area contributed by atoms with Crippen molar-refractivity contribution < 1.29 is 14.3 Å². The Morgan fingerprint density at radius 3 is 2.60 bits per heavy atom. The van der Waals surface area contributed by atoms with Crippen LogP contribution in [0.25, 0.3) is 11.0 Å². The molecule has 0 saturated carbocycles. The van der Waals surface area contributed by atoms with Crippen molar-refractivity contribution in [2.75, 3.05) is 28.6 Å². The van der Waals surface area contributed by atoms with Crippen LogP contribution >= 0.6 is 0 Å². The molecule has 1 aliphatic heterocycles. The first kappa shape index (κ1) is 19.6. The number of benzene rings is 2. The van der Waals surface area contributed by atoms with E-state index in [4.69, 9.17) is 4.63 Å². The Balaban J connectivity index is 1.75. The van der Waals surface area contributed by atoms with Gasteiger partial charge in [-0.3, -0.25) is 14.9 Å². The van der Waals surface area contributed by atoms with E-state index in [2.05, 4.69) is 32.8 Å². The Labute approximate surface area is 172 Å². The maximum Gasteiger partial charge on any atom is 0.324 e. The third-order valence-electron chi connectivity index (χ3n) is 5.16. The molecule has 2 heterocycles. The molecule has 4 rings (SSSR count). The summed E-state index contributed by atoms with van der Waals surface area (Å²) in [5, 5.41) is 25.4. The van der Waals surface area contributed by atoms with Gasteiger partial charge in [0.05, 0.1) is 10.6 Å². The Morgan fingerprint density at radius 2 is 1.93 bits per heavy atom. The number of fused-ring (bicyclic) bond motifs is 1. The third kappa shape index (κ3) is 3.88. The minimum absolute atomic E-state index is 0.119. The van der Waals surface area contributed by atoms with Gasteiger partial charge in [0, 0.05) is 31.4 Å². The fourth-order valence-corrected chi connectivity index (χ4v) is 3.84. The molecule has 1 atom stereocenters. The number of hydrogen-bond acceptors (Lipinski definition) is 8. The normalized spacial score (nSPS) is 16.5. The van der Waals surface area contributed by atoms with Crippen molar-refractivity contribution >= 4 is 45.4 Å². The molecule has 3 aromatic rings. The lowest BCUT2D eigenvalue weighted by Gasteiger charge is -2.32. The Hall–Kier alpha value is -3.69. The number of anilines is 4. The second-order valence-electron chi connectivity index (χ2n) is 7.59. The molecule has 2 aromatic carbocycles. The standard InChI is InChI=1S/C20H22N6O4/c1-12-4-3-9-25(11-12)17-10-16(20(26(28)29)19-18(17)23-30-24-19)22-15-7-5-14(6-8-15)21-13(2)27/h5-8,10,12,22H,3-4,9,11H2,1-2H3,(H,21,27)/t12-/m0/s1. The summed E-state index contributed by atoms with van der Waals surface area (Å²) in [6.45, 7) is 5.30. The quantitative estimate of drug-likeness (QED) is 0.476. The zero-order valence-electron chi connectivity index (χ0n) is 16.7. The molecule has 10 nitrogen and oxygen atoms in total. The number of nitrogens with one attached hydrogen (secondary N) is 2. The van der Waals surface area contributed by atoms with Crippen LogP contribution in [-0.4, -0.2) is 34.2 Å². The van der Waals surface area contributed by atoms with Crippen molar-refractivity contribution in [2.45, 2.75) is 26.7 Å². The lowest BCUT2D eigenvalue weighted by molar-refractivity contribution is -0.382. The molecule has 2 N–H and O–H groups in total. The number of amides is 1. The maximum atomic E-state index is 11.8. The number of carbonyl (C=O) groups is 1. The highest BCUT2D eigenvalue weighted by atomic mass is 16.6. The van der Waals surface area contributed by atoms with Crippen molar-refractivity contribution in [1.29, 1.82) is 0 Å². The number of nitro benzene ring substituents is 1. The van der Waals surface area contributed by atoms with Gasteiger partial charge in [0.25, 0.3) is 0 Å². The van der Waals surface area contributed by atoms with E-state index in [1.54, 1.807) is 30.3 Å². The van der Waals surface area contributed by atoms with E-state index in [9.17, 15) is 14.9 Å². The summed E-state index contributed by atoms with van der Waals surface area (Å²) in [5.41, 5.74) is 2.67. The van der Waals surface area contributed by atoms with Crippen LogP contribution in [0.3, 0.4) is 0 Å². The summed E-state index contributed by atoms with van der Waals surface area (Å²) >= 11 is 0. The Morgan fingerprint density at radius 1 is 1.23 bits per heavy atom. The van der Waals surface area contributed by atoms with E-state index in [0.717, 1.165) is 31.6 Å². The number of hydrogen-bond donors (Lipinski definition) is 2. The van der Waals surface area contributed by atoms with Gasteiger partial charge < -0.3 is 15.5 Å². The first-order valence-electron chi connectivity index (χ1n) is 9.75. The van der Waals surface area contributed by atoms with Crippen molar-refractivity contribution in [3.05, 3.63) is 40.4 Å². The molecule has 0 radical (unpaired) electrons. The van der Waals surface area contributed by atoms with Gasteiger partial charge in [-0.25, -0.2) is 4.63 Å². The van der Waals surface area contributed by atoms with Crippen LogP contribution in [0.15, 0.2) is 35.0 Å². The summed E-state index contributed by atoms with van der Waals surface area (Å²) in [5.74, 6) is 0.345. The van der Waals surface area contributed by atoms with Crippen LogP contribution in [-0.2, 0) is 4.79 Å². The van der Waals surface area contributed by atoms with E-state index >= 15 is 0 Å². The van der Waals surface area contributed by atoms with E-state index in [0.29, 0.717) is 28.5 Å². The average Bonchev–Trinajstić information content (AvgIpc) is 3.17. The first-order valence-corrected chi connectivity index (χ1v) is 9.75. The second-order valence-corrected chi connectivity index (χ2v) is 7.59. The number of aromatic nitrogens is 2. The largest absolute Gasteiger partial charge is 0.369 e. The predicted molar refractivity (Wildman–Crippen MR) is 113 cm³/mol. The Kier molecular flexibility index (Phi) is 5.21. The molecule has 1 saturated heterocycles. The molecule has 0 unspecified atom stereocenters. The molecule has 0 spiro atoms. The lowest BCUT2D eigenvalue weighted by atomic mass is 9.99. The first-order chi connectivity index (χ1) is 14.4. The van der Waals surface area contributed by atoms with Gasteiger partial charge in [-0.15, -0.1) is 0 Å². The number of nitro groups is 1. The van der Waals surface area contributed by atoms with Crippen molar-refractivity contribution in [3.8, 4) is 0 Å². The van der Waals surface area contributed by atoms with E-state index in [-0.39, 0.29) is 17.1 Å². The highest BCUT2D eigenvalue weighted by Crippen LogP contribution is 2.40. The van der Waals surface area contributed by atoms with Gasteiger partial charge in [-0.2, -0.15) is 0 Å². The third-order valence-corrected chi connectivity index (χ3v) is 5.16. The molecular formula is C20H22N6O4. The average molecular weight is 410 g/mol. The van der Waals surface area contributed by atoms with Crippen molar-refractivity contribution in [1.82, 2.24) is 10.3 Å². The molecule has 1 fully saturated rings. The van der Waals surface area contributed by atoms with Crippen LogP contribution in [0.2, 0.25) is 0 Å². The van der Waals surface area contributed by atoms with Gasteiger partial charge in [0.2, 0.25) is 11.4 Å². The predicted octanol–water partition coefficient (Wildman–Crippen LogP) is 4.07. The highest BCUT2D eigenvalue weighted by Gasteiger charge is 2.29. The topological polar surface area (TPSA) is 126 Å². The maximum absolute atomic E-state index is 11.8. The summed E-state index contributed by atoms with van der Waals surface area (Å²) in [7, 11) is 0. The van der Waals surface area contributed by atoms with E-state index in [1.807, 2.05) is 0 Å². The van der Waals surface area contributed by atoms with Gasteiger partial charge >= 0.3 is 5.69 Å². The zero-order valence-corrected chi connectivity index (χ0v) is 16.7. The van der Waals surface area contributed by atoms with E-state index in [1.165, 1.54) is 6.92 Å². The Bertz CT molecular complexity index is 1090. The van der Waals surface area contributed by atoms with Crippen LogP contribution in [0, 0.1) is 16.0 Å². The molecular weight excluding hydrogens is 388 g/mol. The molecule has 0 bridgehead atoms. The molecule has 10 heteroatoms. The fourth-order valence-electron chi connectivity index (χ4n) is 3.84. The smallest absolute Gasteiger partial charge is 0.324 e. The summed E-state index contributed by atoms with van der Waals surface area (Å²) in [6, 6.07) is 8.66. The minimum Gasteiger partial charge on any atom is -0.369 e. The molecule has 156 valence electrons. The number of piperidine rings is 1. The van der Waals surface area contributed by atoms with Gasteiger partial charge in [0.1, 0.15) is 5.69 Å². The van der Waals surface area contributed by atoms with Gasteiger partial charge in [-0.05, 0) is 59.4 Å². The van der Waals surface area contributed by atoms with Crippen LogP contribution in [0.1, 0.15) is 26.7 Å². The molecule has 1 amide bonds. The molecule has 30 heavy (non-hydrogen) atoms. The highest BCUT2D eigenvalue weighted by molar-refractivity contribution is 6.00. The summed E-state index contributed by atoms with van der Waals surface area (Å²) in [6.07, 6.45) is 2.19. The lowest BCUT2D eigenvalue weighted by Crippen LogP contribution is -2.34. The van der Waals surface area contributed by atoms with Gasteiger partial charge in [0.15, 0.2) is 5.52 Å². The zero-order chi connectivity index (χ0) is 21.3. The summed E-state index contributed by atoms with van der Waals surface area (Å²) in [4.78, 5) is 24.7. The SMILES string of the molecule is CC(=O)Nc1ccc(Nc2cc(N3CCC[C@H](C)C3)c3nonc3c2[N+](=O)[O-])cc1. The van der Waals surface area contributed by atoms with E-state index < -0.39 is 4.92 Å². The molecule has 1 aliphatic rings. The number of carbonyl (C=O) groups excluding carboxylic acids is 1. The monoisotopic (exact) mass is 410 g/mol. The van der Waals surface area contributed by atoms with Crippen LogP contribution < -0.4 is 15.5 Å². The number of nitrogens with zero attached hydrogens (tertiary/aromatic N) is 4. The van der Waals surface area contributed by atoms with Crippen LogP contribution in [0.4, 0.5) is 28.4 Å². The van der Waals surface area contributed by atoms with Crippen molar-refractivity contribution in [3.63, 3.8) is 0 Å².